The van der Waals surface area contributed by atoms with Crippen molar-refractivity contribution in [2.45, 2.75) is 6.42 Å². The van der Waals surface area contributed by atoms with Crippen molar-refractivity contribution < 1.29 is 4.39 Å². The lowest BCUT2D eigenvalue weighted by Gasteiger charge is -2.08. The molecule has 1 aromatic rings. The van der Waals surface area contributed by atoms with Gasteiger partial charge in [-0.05, 0) is 28.4 Å². The molecule has 14 heavy (non-hydrogen) atoms. The van der Waals surface area contributed by atoms with E-state index in [9.17, 15) is 4.39 Å². The van der Waals surface area contributed by atoms with Gasteiger partial charge in [-0.15, -0.1) is 6.58 Å². The fourth-order valence-electron chi connectivity index (χ4n) is 1.02. The number of rotatable bonds is 4. The van der Waals surface area contributed by atoms with Crippen LogP contribution < -0.4 is 11.1 Å². The first-order valence-corrected chi connectivity index (χ1v) is 5.03. The number of nitrogen functional groups attached to an aromatic ring is 1. The summed E-state index contributed by atoms with van der Waals surface area (Å²) in [4.78, 5) is 0. The van der Waals surface area contributed by atoms with Crippen LogP contribution in [0.3, 0.4) is 0 Å². The smallest absolute Gasteiger partial charge is 0.139 e. The average Bonchev–Trinajstić information content (AvgIpc) is 2.14. The predicted molar refractivity (Wildman–Crippen MR) is 61.8 cm³/mol. The van der Waals surface area contributed by atoms with E-state index in [1.54, 1.807) is 12.1 Å². The Balaban J connectivity index is 2.76. The maximum Gasteiger partial charge on any atom is 0.139 e. The molecular formula is C10H12BrFN2. The summed E-state index contributed by atoms with van der Waals surface area (Å²) in [5, 5.41) is 3.02. The topological polar surface area (TPSA) is 38.0 Å². The molecule has 0 saturated carbocycles. The molecule has 1 rings (SSSR count). The van der Waals surface area contributed by atoms with E-state index in [4.69, 9.17) is 5.73 Å². The van der Waals surface area contributed by atoms with Crippen LogP contribution in [0.4, 0.5) is 15.8 Å². The molecule has 2 nitrogen and oxygen atoms in total. The Morgan fingerprint density at radius 1 is 1.57 bits per heavy atom. The number of halogens is 2. The first-order chi connectivity index (χ1) is 6.65. The van der Waals surface area contributed by atoms with Crippen molar-refractivity contribution in [3.05, 3.63) is 35.1 Å². The zero-order chi connectivity index (χ0) is 10.6. The van der Waals surface area contributed by atoms with Gasteiger partial charge in [0.1, 0.15) is 5.82 Å². The van der Waals surface area contributed by atoms with E-state index < -0.39 is 0 Å². The van der Waals surface area contributed by atoms with Gasteiger partial charge < -0.3 is 11.1 Å². The highest BCUT2D eigenvalue weighted by molar-refractivity contribution is 9.10. The summed E-state index contributed by atoms with van der Waals surface area (Å²) in [5.41, 5.74) is 6.84. The normalized spacial score (nSPS) is 9.86. The molecule has 4 heteroatoms. The molecule has 3 N–H and O–H groups in total. The van der Waals surface area contributed by atoms with E-state index in [1.165, 1.54) is 6.07 Å². The van der Waals surface area contributed by atoms with Gasteiger partial charge in [0.25, 0.3) is 0 Å². The molecule has 0 spiro atoms. The Morgan fingerprint density at radius 3 is 2.93 bits per heavy atom. The van der Waals surface area contributed by atoms with Gasteiger partial charge in [-0.2, -0.15) is 0 Å². The fourth-order valence-corrected chi connectivity index (χ4v) is 1.39. The molecule has 0 aliphatic rings. The second-order valence-corrected chi connectivity index (χ2v) is 3.71. The fraction of sp³-hybridized carbons (Fsp3) is 0.200. The Bertz CT molecular complexity index is 339. The van der Waals surface area contributed by atoms with Crippen LogP contribution in [0, 0.1) is 5.82 Å². The third-order valence-corrected chi connectivity index (χ3v) is 2.36. The van der Waals surface area contributed by atoms with E-state index in [2.05, 4.69) is 27.8 Å². The summed E-state index contributed by atoms with van der Waals surface area (Å²) < 4.78 is 13.5. The van der Waals surface area contributed by atoms with Gasteiger partial charge in [-0.1, -0.05) is 6.08 Å². The highest BCUT2D eigenvalue weighted by Crippen LogP contribution is 2.26. The van der Waals surface area contributed by atoms with Crippen molar-refractivity contribution in [2.75, 3.05) is 17.6 Å². The van der Waals surface area contributed by atoms with Gasteiger partial charge in [0.15, 0.2) is 0 Å². The zero-order valence-corrected chi connectivity index (χ0v) is 9.27. The highest BCUT2D eigenvalue weighted by atomic mass is 79.9. The van der Waals surface area contributed by atoms with Crippen LogP contribution in [0.15, 0.2) is 29.3 Å². The van der Waals surface area contributed by atoms with E-state index in [-0.39, 0.29) is 5.82 Å². The first-order valence-electron chi connectivity index (χ1n) is 4.24. The molecular weight excluding hydrogens is 247 g/mol. The van der Waals surface area contributed by atoms with E-state index in [0.29, 0.717) is 22.4 Å². The molecule has 0 saturated heterocycles. The molecule has 0 amide bonds. The number of anilines is 2. The number of nitrogens with one attached hydrogen (secondary N) is 1. The molecule has 0 aromatic heterocycles. The van der Waals surface area contributed by atoms with Gasteiger partial charge in [-0.25, -0.2) is 4.39 Å². The Hall–Kier alpha value is -1.03. The molecule has 0 fully saturated rings. The highest BCUT2D eigenvalue weighted by Gasteiger charge is 2.04. The zero-order valence-electron chi connectivity index (χ0n) is 7.69. The predicted octanol–water partition coefficient (Wildman–Crippen LogP) is 3.16. The molecule has 0 bridgehead atoms. The standard InChI is InChI=1S/C10H12BrFN2/c1-2-3-4-14-10-6-8(12)7(11)5-9(10)13/h2,5-6,14H,1,3-4,13H2. The third-order valence-electron chi connectivity index (χ3n) is 1.76. The average molecular weight is 259 g/mol. The van der Waals surface area contributed by atoms with Crippen molar-refractivity contribution in [3.8, 4) is 0 Å². The quantitative estimate of drug-likeness (QED) is 0.495. The molecule has 0 atom stereocenters. The molecule has 0 aliphatic carbocycles. The number of benzene rings is 1. The first kappa shape index (κ1) is 11.0. The number of nitrogens with two attached hydrogens (primary N) is 1. The van der Waals surface area contributed by atoms with Crippen molar-refractivity contribution in [1.82, 2.24) is 0 Å². The van der Waals surface area contributed by atoms with Crippen molar-refractivity contribution in [2.24, 2.45) is 0 Å². The van der Waals surface area contributed by atoms with Gasteiger partial charge in [-0.3, -0.25) is 0 Å². The monoisotopic (exact) mass is 258 g/mol. The lowest BCUT2D eigenvalue weighted by molar-refractivity contribution is 0.622. The lowest BCUT2D eigenvalue weighted by Crippen LogP contribution is -2.03. The van der Waals surface area contributed by atoms with Gasteiger partial charge in [0.05, 0.1) is 15.8 Å². The van der Waals surface area contributed by atoms with Crippen molar-refractivity contribution in [3.63, 3.8) is 0 Å². The summed E-state index contributed by atoms with van der Waals surface area (Å²) in [6.45, 7) is 4.30. The van der Waals surface area contributed by atoms with E-state index in [0.717, 1.165) is 6.42 Å². The molecule has 76 valence electrons. The van der Waals surface area contributed by atoms with Crippen LogP contribution in [-0.4, -0.2) is 6.54 Å². The van der Waals surface area contributed by atoms with Crippen molar-refractivity contribution in [1.29, 1.82) is 0 Å². The maximum atomic E-state index is 13.1. The second-order valence-electron chi connectivity index (χ2n) is 2.86. The van der Waals surface area contributed by atoms with Crippen molar-refractivity contribution >= 4 is 27.3 Å². The van der Waals surface area contributed by atoms with Gasteiger partial charge in [0, 0.05) is 12.6 Å². The number of hydrogen-bond donors (Lipinski definition) is 2. The molecule has 0 radical (unpaired) electrons. The minimum atomic E-state index is -0.319. The van der Waals surface area contributed by atoms with E-state index in [1.807, 2.05) is 0 Å². The Kier molecular flexibility index (Phi) is 3.95. The Labute approximate surface area is 91.1 Å². The largest absolute Gasteiger partial charge is 0.397 e. The van der Waals surface area contributed by atoms with Crippen LogP contribution in [0.25, 0.3) is 0 Å². The van der Waals surface area contributed by atoms with E-state index >= 15 is 0 Å². The molecule has 0 unspecified atom stereocenters. The second kappa shape index (κ2) is 5.00. The van der Waals surface area contributed by atoms with Gasteiger partial charge in [0.2, 0.25) is 0 Å². The lowest BCUT2D eigenvalue weighted by atomic mass is 10.2. The minimum absolute atomic E-state index is 0.319. The molecule has 1 aromatic carbocycles. The van der Waals surface area contributed by atoms with Crippen LogP contribution >= 0.6 is 15.9 Å². The summed E-state index contributed by atoms with van der Waals surface area (Å²) >= 11 is 3.06. The van der Waals surface area contributed by atoms with Crippen LogP contribution in [0.5, 0.6) is 0 Å². The molecule has 0 aliphatic heterocycles. The Morgan fingerprint density at radius 2 is 2.29 bits per heavy atom. The maximum absolute atomic E-state index is 13.1. The van der Waals surface area contributed by atoms with Gasteiger partial charge >= 0.3 is 0 Å². The third kappa shape index (κ3) is 2.73. The summed E-state index contributed by atoms with van der Waals surface area (Å²) in [7, 11) is 0. The van der Waals surface area contributed by atoms with Crippen LogP contribution in [-0.2, 0) is 0 Å². The summed E-state index contributed by atoms with van der Waals surface area (Å²) in [5.74, 6) is -0.319. The SMILES string of the molecule is C=CCCNc1cc(F)c(Br)cc1N. The van der Waals surface area contributed by atoms with Crippen LogP contribution in [0.1, 0.15) is 6.42 Å². The molecule has 0 heterocycles. The van der Waals surface area contributed by atoms with Crippen LogP contribution in [0.2, 0.25) is 0 Å². The summed E-state index contributed by atoms with van der Waals surface area (Å²) in [6, 6.07) is 2.92. The summed E-state index contributed by atoms with van der Waals surface area (Å²) in [6.07, 6.45) is 2.61. The minimum Gasteiger partial charge on any atom is -0.397 e. The number of hydrogen-bond acceptors (Lipinski definition) is 2.